The van der Waals surface area contributed by atoms with Crippen molar-refractivity contribution in [3.05, 3.63) is 79.0 Å². The minimum absolute atomic E-state index is 1.02. The number of benzene rings is 2. The molecule has 0 saturated heterocycles. The lowest BCUT2D eigenvalue weighted by Gasteiger charge is -2.08. The molecule has 2 aromatic rings. The molecule has 0 spiro atoms. The van der Waals surface area contributed by atoms with Crippen LogP contribution in [-0.4, -0.2) is 0 Å². The highest BCUT2D eigenvalue weighted by Gasteiger charge is 1.97. The Hall–Kier alpha value is -2.28. The van der Waals surface area contributed by atoms with Crippen molar-refractivity contribution in [1.82, 2.24) is 0 Å². The van der Waals surface area contributed by atoms with E-state index in [4.69, 9.17) is 0 Å². The first-order chi connectivity index (χ1) is 8.83. The number of anilines is 1. The highest BCUT2D eigenvalue weighted by atomic mass is 14.9. The second-order valence-corrected chi connectivity index (χ2v) is 4.02. The molecule has 0 fully saturated rings. The summed E-state index contributed by atoms with van der Waals surface area (Å²) < 4.78 is 0. The molecule has 0 aliphatic carbocycles. The predicted molar refractivity (Wildman–Crippen MR) is 79.5 cm³/mol. The van der Waals surface area contributed by atoms with Crippen LogP contribution in [0.3, 0.4) is 0 Å². The molecular weight excluding hydrogens is 218 g/mol. The molecular formula is C17H17N. The topological polar surface area (TPSA) is 12.0 Å². The van der Waals surface area contributed by atoms with E-state index in [1.54, 1.807) is 0 Å². The smallest absolute Gasteiger partial charge is 0.0384 e. The zero-order valence-electron chi connectivity index (χ0n) is 10.6. The van der Waals surface area contributed by atoms with Gasteiger partial charge in [0.25, 0.3) is 0 Å². The number of hydrogen-bond donors (Lipinski definition) is 1. The summed E-state index contributed by atoms with van der Waals surface area (Å²) in [5.74, 6) is 0. The van der Waals surface area contributed by atoms with Crippen molar-refractivity contribution in [2.75, 3.05) is 5.32 Å². The molecule has 0 unspecified atom stereocenters. The van der Waals surface area contributed by atoms with Crippen molar-refractivity contribution < 1.29 is 0 Å². The second kappa shape index (κ2) is 5.87. The Labute approximate surface area is 108 Å². The first kappa shape index (κ1) is 12.2. The van der Waals surface area contributed by atoms with Gasteiger partial charge in [-0.25, -0.2) is 0 Å². The first-order valence-corrected chi connectivity index (χ1v) is 6.04. The van der Waals surface area contributed by atoms with Crippen LogP contribution in [0.25, 0.3) is 11.1 Å². The predicted octanol–water partition coefficient (Wildman–Crippen LogP) is 4.86. The van der Waals surface area contributed by atoms with Crippen LogP contribution in [0, 0.1) is 0 Å². The molecule has 0 aromatic heterocycles. The van der Waals surface area contributed by atoms with Gasteiger partial charge in [0, 0.05) is 11.4 Å². The number of nitrogens with one attached hydrogen (secondary N) is 1. The standard InChI is InChI=1S/C17H17N/c1-3-16(4-2)18-17-12-10-15(11-13-17)14-8-6-5-7-9-14/h3-13,18H,1H2,2H3/b16-4+. The lowest BCUT2D eigenvalue weighted by molar-refractivity contribution is 1.45. The Morgan fingerprint density at radius 3 is 2.11 bits per heavy atom. The van der Waals surface area contributed by atoms with Crippen LogP contribution in [0.4, 0.5) is 5.69 Å². The summed E-state index contributed by atoms with van der Waals surface area (Å²) in [6, 6.07) is 18.8. The quantitative estimate of drug-likeness (QED) is 0.746. The molecule has 0 bridgehead atoms. The van der Waals surface area contributed by atoms with Gasteiger partial charge in [0.05, 0.1) is 0 Å². The van der Waals surface area contributed by atoms with Crippen molar-refractivity contribution in [3.63, 3.8) is 0 Å². The Balaban J connectivity index is 2.18. The van der Waals surface area contributed by atoms with Crippen LogP contribution < -0.4 is 5.32 Å². The van der Waals surface area contributed by atoms with E-state index in [1.165, 1.54) is 11.1 Å². The normalized spacial score (nSPS) is 11.1. The zero-order chi connectivity index (χ0) is 12.8. The third kappa shape index (κ3) is 2.89. The first-order valence-electron chi connectivity index (χ1n) is 6.04. The fourth-order valence-electron chi connectivity index (χ4n) is 1.78. The van der Waals surface area contributed by atoms with Gasteiger partial charge in [-0.3, -0.25) is 0 Å². The van der Waals surface area contributed by atoms with E-state index >= 15 is 0 Å². The van der Waals surface area contributed by atoms with E-state index in [9.17, 15) is 0 Å². The third-order valence-electron chi connectivity index (χ3n) is 2.81. The number of rotatable bonds is 4. The fourth-order valence-corrected chi connectivity index (χ4v) is 1.78. The van der Waals surface area contributed by atoms with E-state index in [0.29, 0.717) is 0 Å². The molecule has 0 saturated carbocycles. The molecule has 0 aliphatic heterocycles. The van der Waals surface area contributed by atoms with Gasteiger partial charge < -0.3 is 5.32 Å². The van der Waals surface area contributed by atoms with Crippen molar-refractivity contribution in [2.45, 2.75) is 6.92 Å². The van der Waals surface area contributed by atoms with Crippen LogP contribution in [0.1, 0.15) is 6.92 Å². The SMILES string of the molecule is C=C/C(=C\C)Nc1ccc(-c2ccccc2)cc1. The van der Waals surface area contributed by atoms with Gasteiger partial charge in [-0.15, -0.1) is 0 Å². The van der Waals surface area contributed by atoms with Crippen LogP contribution in [0.15, 0.2) is 79.0 Å². The van der Waals surface area contributed by atoms with E-state index in [0.717, 1.165) is 11.4 Å². The molecule has 1 N–H and O–H groups in total. The van der Waals surface area contributed by atoms with Crippen LogP contribution in [0.5, 0.6) is 0 Å². The molecule has 0 radical (unpaired) electrons. The van der Waals surface area contributed by atoms with E-state index < -0.39 is 0 Å². The summed E-state index contributed by atoms with van der Waals surface area (Å²) in [5.41, 5.74) is 4.55. The minimum Gasteiger partial charge on any atom is -0.356 e. The molecule has 0 aliphatic rings. The van der Waals surface area contributed by atoms with Gasteiger partial charge in [-0.1, -0.05) is 55.1 Å². The molecule has 1 nitrogen and oxygen atoms in total. The summed E-state index contributed by atoms with van der Waals surface area (Å²) in [7, 11) is 0. The Morgan fingerprint density at radius 2 is 1.56 bits per heavy atom. The molecule has 0 atom stereocenters. The maximum Gasteiger partial charge on any atom is 0.0384 e. The summed E-state index contributed by atoms with van der Waals surface area (Å²) in [6.45, 7) is 5.75. The Morgan fingerprint density at radius 1 is 0.944 bits per heavy atom. The summed E-state index contributed by atoms with van der Waals surface area (Å²) in [5, 5.41) is 3.30. The van der Waals surface area contributed by atoms with Crippen LogP contribution >= 0.6 is 0 Å². The van der Waals surface area contributed by atoms with Crippen molar-refractivity contribution in [2.24, 2.45) is 0 Å². The molecule has 2 aromatic carbocycles. The van der Waals surface area contributed by atoms with Crippen molar-refractivity contribution in [3.8, 4) is 11.1 Å². The summed E-state index contributed by atoms with van der Waals surface area (Å²) in [4.78, 5) is 0. The zero-order valence-corrected chi connectivity index (χ0v) is 10.6. The number of allylic oxidation sites excluding steroid dienone is 2. The third-order valence-corrected chi connectivity index (χ3v) is 2.81. The lowest BCUT2D eigenvalue weighted by Crippen LogP contribution is -1.95. The van der Waals surface area contributed by atoms with Crippen LogP contribution in [0.2, 0.25) is 0 Å². The van der Waals surface area contributed by atoms with Crippen molar-refractivity contribution >= 4 is 5.69 Å². The molecule has 0 amide bonds. The van der Waals surface area contributed by atoms with Gasteiger partial charge in [0.1, 0.15) is 0 Å². The average molecular weight is 235 g/mol. The highest BCUT2D eigenvalue weighted by Crippen LogP contribution is 2.21. The minimum atomic E-state index is 1.02. The van der Waals surface area contributed by atoms with Gasteiger partial charge in [0.15, 0.2) is 0 Å². The Bertz CT molecular complexity index is 536. The van der Waals surface area contributed by atoms with E-state index in [1.807, 2.05) is 25.1 Å². The molecule has 1 heteroatoms. The molecule has 18 heavy (non-hydrogen) atoms. The largest absolute Gasteiger partial charge is 0.356 e. The fraction of sp³-hybridized carbons (Fsp3) is 0.0588. The second-order valence-electron chi connectivity index (χ2n) is 4.02. The monoisotopic (exact) mass is 235 g/mol. The van der Waals surface area contributed by atoms with Gasteiger partial charge >= 0.3 is 0 Å². The van der Waals surface area contributed by atoms with E-state index in [2.05, 4.69) is 60.4 Å². The summed E-state index contributed by atoms with van der Waals surface area (Å²) >= 11 is 0. The molecule has 2 rings (SSSR count). The van der Waals surface area contributed by atoms with Crippen LogP contribution in [-0.2, 0) is 0 Å². The molecule has 90 valence electrons. The van der Waals surface area contributed by atoms with Gasteiger partial charge in [-0.05, 0) is 36.3 Å². The maximum absolute atomic E-state index is 3.76. The number of hydrogen-bond acceptors (Lipinski definition) is 1. The van der Waals surface area contributed by atoms with Gasteiger partial charge in [0.2, 0.25) is 0 Å². The van der Waals surface area contributed by atoms with E-state index in [-0.39, 0.29) is 0 Å². The van der Waals surface area contributed by atoms with Gasteiger partial charge in [-0.2, -0.15) is 0 Å². The summed E-state index contributed by atoms with van der Waals surface area (Å²) in [6.07, 6.45) is 3.81. The Kier molecular flexibility index (Phi) is 3.98. The van der Waals surface area contributed by atoms with Crippen molar-refractivity contribution in [1.29, 1.82) is 0 Å². The molecule has 0 heterocycles. The maximum atomic E-state index is 3.76. The average Bonchev–Trinajstić information content (AvgIpc) is 2.46. The highest BCUT2D eigenvalue weighted by molar-refractivity contribution is 5.66. The lowest BCUT2D eigenvalue weighted by atomic mass is 10.1.